The van der Waals surface area contributed by atoms with Gasteiger partial charge in [0.2, 0.25) is 0 Å². The predicted octanol–water partition coefficient (Wildman–Crippen LogP) is 5.30. The van der Waals surface area contributed by atoms with E-state index < -0.39 is 12.1 Å². The van der Waals surface area contributed by atoms with Gasteiger partial charge < -0.3 is 11.5 Å². The monoisotopic (exact) mass is 456 g/mol. The first-order chi connectivity index (χ1) is 15.4. The molecule has 0 rings (SSSR count). The van der Waals surface area contributed by atoms with E-state index in [9.17, 15) is 9.59 Å². The smallest absolute Gasteiger partial charge is 0.328 e. The van der Waals surface area contributed by atoms with Crippen LogP contribution in [-0.4, -0.2) is 35.2 Å². The molecule has 0 saturated carbocycles. The molecule has 0 aromatic heterocycles. The molecule has 0 atom stereocenters. The fourth-order valence-corrected chi connectivity index (χ4v) is 3.97. The quantitative estimate of drug-likeness (QED) is 0.0715. The lowest BCUT2D eigenvalue weighted by molar-refractivity contribution is 0.207. The van der Waals surface area contributed by atoms with Gasteiger partial charge in [0.25, 0.3) is 0 Å². The molecule has 0 heterocycles. The molecule has 0 bridgehead atoms. The number of nitrogens with two attached hydrogens (primary N) is 4. The van der Waals surface area contributed by atoms with E-state index in [2.05, 4.69) is 0 Å². The Bertz CT molecular complexity index is 410. The Morgan fingerprint density at radius 1 is 0.375 bits per heavy atom. The Balaban J connectivity index is 3.11. The maximum absolute atomic E-state index is 10.8. The second-order valence-corrected chi connectivity index (χ2v) is 9.13. The first-order valence-electron chi connectivity index (χ1n) is 13.1. The van der Waals surface area contributed by atoms with Crippen molar-refractivity contribution in [1.82, 2.24) is 10.0 Å². The van der Waals surface area contributed by atoms with E-state index in [0.717, 1.165) is 35.7 Å². The molecule has 0 fully saturated rings. The van der Waals surface area contributed by atoms with E-state index >= 15 is 0 Å². The van der Waals surface area contributed by atoms with Gasteiger partial charge in [-0.3, -0.25) is 10.0 Å². The van der Waals surface area contributed by atoms with Gasteiger partial charge in [-0.1, -0.05) is 116 Å². The number of urea groups is 2. The molecule has 8 nitrogen and oxygen atoms in total. The van der Waals surface area contributed by atoms with Crippen molar-refractivity contribution in [3.63, 3.8) is 0 Å². The van der Waals surface area contributed by atoms with E-state index in [1.54, 1.807) is 0 Å². The van der Waals surface area contributed by atoms with Crippen LogP contribution in [0.25, 0.3) is 0 Å². The second-order valence-electron chi connectivity index (χ2n) is 9.13. The standard InChI is InChI=1S/C24H52N6O2/c25-23(31)29(27)21-19-17-15-13-11-9-7-5-3-1-2-4-6-8-10-12-14-16-18-20-22-30(28)24(26)32/h1-22,27-28H2,(H2,25,31)(H2,26,32). The molecule has 190 valence electrons. The van der Waals surface area contributed by atoms with Crippen LogP contribution in [-0.2, 0) is 0 Å². The van der Waals surface area contributed by atoms with Crippen LogP contribution in [0.5, 0.6) is 0 Å². The normalized spacial score (nSPS) is 10.9. The summed E-state index contributed by atoms with van der Waals surface area (Å²) in [7, 11) is 0. The van der Waals surface area contributed by atoms with Crippen molar-refractivity contribution >= 4 is 12.1 Å². The first-order valence-corrected chi connectivity index (χ1v) is 13.1. The zero-order valence-corrected chi connectivity index (χ0v) is 20.6. The lowest BCUT2D eigenvalue weighted by atomic mass is 10.0. The van der Waals surface area contributed by atoms with Crippen molar-refractivity contribution in [3.8, 4) is 0 Å². The topological polar surface area (TPSA) is 145 Å². The largest absolute Gasteiger partial charge is 0.350 e. The lowest BCUT2D eigenvalue weighted by Gasteiger charge is -2.12. The van der Waals surface area contributed by atoms with Gasteiger partial charge >= 0.3 is 12.1 Å². The summed E-state index contributed by atoms with van der Waals surface area (Å²) in [6, 6.07) is -1.10. The second kappa shape index (κ2) is 22.6. The van der Waals surface area contributed by atoms with Gasteiger partial charge in [-0.25, -0.2) is 21.3 Å². The van der Waals surface area contributed by atoms with Gasteiger partial charge in [0.05, 0.1) is 0 Å². The molecule has 0 unspecified atom stereocenters. The molecule has 0 aliphatic rings. The summed E-state index contributed by atoms with van der Waals surface area (Å²) in [5, 5.41) is 2.19. The van der Waals surface area contributed by atoms with Crippen LogP contribution < -0.4 is 23.2 Å². The van der Waals surface area contributed by atoms with Crippen LogP contribution in [0.1, 0.15) is 128 Å². The maximum atomic E-state index is 10.8. The maximum Gasteiger partial charge on any atom is 0.328 e. The molecule has 32 heavy (non-hydrogen) atoms. The Morgan fingerprint density at radius 3 is 0.688 bits per heavy atom. The molecule has 0 aromatic rings. The zero-order valence-electron chi connectivity index (χ0n) is 20.6. The Kier molecular flexibility index (Phi) is 21.6. The molecule has 0 aliphatic carbocycles. The Hall–Kier alpha value is -1.54. The van der Waals surface area contributed by atoms with Gasteiger partial charge in [-0.05, 0) is 12.8 Å². The van der Waals surface area contributed by atoms with Crippen molar-refractivity contribution in [1.29, 1.82) is 0 Å². The number of hydrogen-bond acceptors (Lipinski definition) is 4. The fourth-order valence-electron chi connectivity index (χ4n) is 3.97. The fraction of sp³-hybridized carbons (Fsp3) is 0.917. The number of primary amides is 2. The van der Waals surface area contributed by atoms with Gasteiger partial charge in [-0.15, -0.1) is 0 Å². The van der Waals surface area contributed by atoms with Crippen molar-refractivity contribution in [3.05, 3.63) is 0 Å². The van der Waals surface area contributed by atoms with Crippen molar-refractivity contribution < 1.29 is 9.59 Å². The third kappa shape index (κ3) is 21.7. The van der Waals surface area contributed by atoms with Crippen LogP contribution in [0.3, 0.4) is 0 Å². The van der Waals surface area contributed by atoms with Crippen molar-refractivity contribution in [2.24, 2.45) is 23.2 Å². The average molecular weight is 457 g/mol. The van der Waals surface area contributed by atoms with Crippen LogP contribution >= 0.6 is 0 Å². The molecule has 0 saturated heterocycles. The molecule has 0 aromatic carbocycles. The highest BCUT2D eigenvalue weighted by atomic mass is 16.2. The highest BCUT2D eigenvalue weighted by molar-refractivity contribution is 5.71. The molecular weight excluding hydrogens is 404 g/mol. The highest BCUT2D eigenvalue weighted by Gasteiger charge is 2.03. The summed E-state index contributed by atoms with van der Waals surface area (Å²) in [6.07, 6.45) is 25.5. The first kappa shape index (κ1) is 30.5. The highest BCUT2D eigenvalue weighted by Crippen LogP contribution is 2.14. The SMILES string of the molecule is NC(=O)N(N)CCCCCCCCCCCCCCCCCCCCCCN(N)C(N)=O. The van der Waals surface area contributed by atoms with E-state index in [4.69, 9.17) is 23.2 Å². The van der Waals surface area contributed by atoms with Crippen LogP contribution in [0.2, 0.25) is 0 Å². The van der Waals surface area contributed by atoms with Gasteiger partial charge in [0, 0.05) is 13.1 Å². The summed E-state index contributed by atoms with van der Waals surface area (Å²) < 4.78 is 0. The Labute approximate surface area is 196 Å². The van der Waals surface area contributed by atoms with Crippen LogP contribution in [0.4, 0.5) is 9.59 Å². The van der Waals surface area contributed by atoms with E-state index in [1.165, 1.54) is 103 Å². The van der Waals surface area contributed by atoms with Gasteiger partial charge in [0.1, 0.15) is 0 Å². The number of carbonyl (C=O) groups excluding carboxylic acids is 2. The minimum absolute atomic E-state index is 0.548. The molecular formula is C24H52N6O2. The summed E-state index contributed by atoms with van der Waals surface area (Å²) in [5.74, 6) is 10.9. The minimum atomic E-state index is -0.548. The van der Waals surface area contributed by atoms with E-state index in [0.29, 0.717) is 13.1 Å². The molecule has 8 N–H and O–H groups in total. The molecule has 4 amide bonds. The van der Waals surface area contributed by atoms with Crippen LogP contribution in [0.15, 0.2) is 0 Å². The van der Waals surface area contributed by atoms with Gasteiger partial charge in [0.15, 0.2) is 0 Å². The van der Waals surface area contributed by atoms with Crippen LogP contribution in [0, 0.1) is 0 Å². The van der Waals surface area contributed by atoms with E-state index in [-0.39, 0.29) is 0 Å². The zero-order chi connectivity index (χ0) is 23.9. The van der Waals surface area contributed by atoms with Gasteiger partial charge in [-0.2, -0.15) is 0 Å². The molecule has 0 spiro atoms. The molecule has 0 aliphatic heterocycles. The van der Waals surface area contributed by atoms with E-state index in [1.807, 2.05) is 0 Å². The summed E-state index contributed by atoms with van der Waals surface area (Å²) in [6.45, 7) is 1.12. The minimum Gasteiger partial charge on any atom is -0.350 e. The van der Waals surface area contributed by atoms with Crippen molar-refractivity contribution in [2.75, 3.05) is 13.1 Å². The third-order valence-corrected chi connectivity index (χ3v) is 6.11. The predicted molar refractivity (Wildman–Crippen MR) is 133 cm³/mol. The summed E-state index contributed by atoms with van der Waals surface area (Å²) in [4.78, 5) is 21.6. The average Bonchev–Trinajstić information content (AvgIpc) is 2.76. The number of amides is 4. The number of nitrogens with zero attached hydrogens (tertiary/aromatic N) is 2. The number of rotatable bonds is 23. The lowest BCUT2D eigenvalue weighted by Crippen LogP contribution is -2.41. The van der Waals surface area contributed by atoms with Crippen molar-refractivity contribution in [2.45, 2.75) is 128 Å². The number of hydrazine groups is 2. The number of hydrogen-bond donors (Lipinski definition) is 4. The third-order valence-electron chi connectivity index (χ3n) is 6.11. The molecule has 0 radical (unpaired) electrons. The molecule has 8 heteroatoms. The summed E-state index contributed by atoms with van der Waals surface area (Å²) in [5.41, 5.74) is 10.2. The summed E-state index contributed by atoms with van der Waals surface area (Å²) >= 11 is 0. The Morgan fingerprint density at radius 2 is 0.531 bits per heavy atom. The number of carbonyl (C=O) groups is 2. The number of unbranched alkanes of at least 4 members (excludes halogenated alkanes) is 19.